The van der Waals surface area contributed by atoms with Gasteiger partial charge in [0, 0.05) is 6.04 Å². The average molecular weight is 215 g/mol. The van der Waals surface area contributed by atoms with Crippen LogP contribution in [0.15, 0.2) is 17.2 Å². The molecule has 5 nitrogen and oxygen atoms in total. The number of hydrogen-bond donors (Lipinski definition) is 1. The number of nitrogens with zero attached hydrogens (tertiary/aromatic N) is 2. The van der Waals surface area contributed by atoms with Crippen molar-refractivity contribution in [1.82, 2.24) is 14.9 Å². The third-order valence-corrected chi connectivity index (χ3v) is 2.99. The van der Waals surface area contributed by atoms with Crippen LogP contribution in [-0.4, -0.2) is 24.7 Å². The Hall–Kier alpha value is -1.01. The van der Waals surface area contributed by atoms with Gasteiger partial charge in [0.2, 0.25) is 0 Å². The van der Waals surface area contributed by atoms with Crippen molar-refractivity contribution in [3.05, 3.63) is 17.8 Å². The molecule has 0 aliphatic carbocycles. The van der Waals surface area contributed by atoms with Gasteiger partial charge in [-0.1, -0.05) is 0 Å². The van der Waals surface area contributed by atoms with Crippen LogP contribution >= 0.6 is 0 Å². The van der Waals surface area contributed by atoms with Crippen LogP contribution in [0.4, 0.5) is 0 Å². The van der Waals surface area contributed by atoms with Crippen molar-refractivity contribution >= 4 is 10.0 Å². The van der Waals surface area contributed by atoms with Gasteiger partial charge in [0.05, 0.1) is 5.69 Å². The van der Waals surface area contributed by atoms with E-state index < -0.39 is 10.0 Å². The van der Waals surface area contributed by atoms with E-state index in [0.29, 0.717) is 5.69 Å². The minimum Gasteiger partial charge on any atom is -0.207 e. The van der Waals surface area contributed by atoms with Gasteiger partial charge in [-0.05, 0) is 32.9 Å². The fourth-order valence-corrected chi connectivity index (χ4v) is 2.04. The molecule has 0 amide bonds. The zero-order chi connectivity index (χ0) is 10.8. The number of sulfonamides is 1. The molecule has 0 aliphatic rings. The van der Waals surface area contributed by atoms with Crippen LogP contribution in [0, 0.1) is 6.92 Å². The van der Waals surface area contributed by atoms with Crippen molar-refractivity contribution in [3.8, 4) is 0 Å². The number of hydrogen-bond acceptors (Lipinski definition) is 4. The molecule has 1 aromatic heterocycles. The molecular formula is C8H13N3O2S. The number of rotatable bonds is 3. The first-order valence-corrected chi connectivity index (χ1v) is 5.73. The highest BCUT2D eigenvalue weighted by molar-refractivity contribution is 7.89. The summed E-state index contributed by atoms with van der Waals surface area (Å²) in [5.41, 5.74) is 0.688. The topological polar surface area (TPSA) is 72.0 Å². The summed E-state index contributed by atoms with van der Waals surface area (Å²) in [6.45, 7) is 5.25. The molecule has 0 saturated heterocycles. The molecule has 14 heavy (non-hydrogen) atoms. The highest BCUT2D eigenvalue weighted by Gasteiger charge is 2.16. The molecular weight excluding hydrogens is 202 g/mol. The Morgan fingerprint density at radius 1 is 1.29 bits per heavy atom. The molecule has 0 atom stereocenters. The van der Waals surface area contributed by atoms with Crippen LogP contribution in [0.5, 0.6) is 0 Å². The molecule has 1 rings (SSSR count). The van der Waals surface area contributed by atoms with Crippen LogP contribution in [0.1, 0.15) is 19.5 Å². The lowest BCUT2D eigenvalue weighted by molar-refractivity contribution is 0.563. The fourth-order valence-electron chi connectivity index (χ4n) is 0.901. The molecule has 0 radical (unpaired) electrons. The van der Waals surface area contributed by atoms with Crippen LogP contribution in [-0.2, 0) is 10.0 Å². The largest absolute Gasteiger partial charge is 0.260 e. The monoisotopic (exact) mass is 215 g/mol. The van der Waals surface area contributed by atoms with Crippen molar-refractivity contribution in [3.63, 3.8) is 0 Å². The van der Waals surface area contributed by atoms with Crippen LogP contribution in [0.2, 0.25) is 0 Å². The van der Waals surface area contributed by atoms with E-state index in [9.17, 15) is 8.42 Å². The summed E-state index contributed by atoms with van der Waals surface area (Å²) in [4.78, 5) is 0. The molecule has 0 saturated carbocycles. The van der Waals surface area contributed by atoms with Gasteiger partial charge in [-0.25, -0.2) is 13.1 Å². The van der Waals surface area contributed by atoms with E-state index in [2.05, 4.69) is 14.9 Å². The highest BCUT2D eigenvalue weighted by Crippen LogP contribution is 2.04. The van der Waals surface area contributed by atoms with E-state index in [4.69, 9.17) is 0 Å². The van der Waals surface area contributed by atoms with Crippen molar-refractivity contribution in [1.29, 1.82) is 0 Å². The van der Waals surface area contributed by atoms with Crippen LogP contribution in [0.3, 0.4) is 0 Å². The van der Waals surface area contributed by atoms with Crippen LogP contribution < -0.4 is 4.72 Å². The van der Waals surface area contributed by atoms with Crippen molar-refractivity contribution in [2.24, 2.45) is 0 Å². The summed E-state index contributed by atoms with van der Waals surface area (Å²) < 4.78 is 25.5. The Morgan fingerprint density at radius 3 is 2.36 bits per heavy atom. The van der Waals surface area contributed by atoms with Gasteiger partial charge in [-0.2, -0.15) is 5.10 Å². The highest BCUT2D eigenvalue weighted by atomic mass is 32.2. The number of nitrogens with one attached hydrogen (secondary N) is 1. The van der Waals surface area contributed by atoms with Gasteiger partial charge in [0.15, 0.2) is 5.03 Å². The molecule has 0 bridgehead atoms. The molecule has 0 aromatic carbocycles. The Kier molecular flexibility index (Phi) is 3.17. The number of aromatic nitrogens is 2. The molecule has 0 fully saturated rings. The Bertz CT molecular complexity index is 397. The second-order valence-corrected chi connectivity index (χ2v) is 4.95. The zero-order valence-corrected chi connectivity index (χ0v) is 9.17. The van der Waals surface area contributed by atoms with Gasteiger partial charge < -0.3 is 0 Å². The maximum atomic E-state index is 11.5. The van der Waals surface area contributed by atoms with E-state index >= 15 is 0 Å². The molecule has 1 N–H and O–H groups in total. The average Bonchev–Trinajstić information content (AvgIpc) is 2.02. The lowest BCUT2D eigenvalue weighted by Crippen LogP contribution is -2.31. The standard InChI is InChI=1S/C8H13N3O2S/c1-6(2)11-14(12,13)8-5-4-7(3)9-10-8/h4-6,11H,1-3H3. The zero-order valence-electron chi connectivity index (χ0n) is 8.35. The molecule has 0 unspecified atom stereocenters. The maximum Gasteiger partial charge on any atom is 0.260 e. The third kappa shape index (κ3) is 2.74. The van der Waals surface area contributed by atoms with Gasteiger partial charge in [-0.3, -0.25) is 0 Å². The lowest BCUT2D eigenvalue weighted by Gasteiger charge is -2.07. The maximum absolute atomic E-state index is 11.5. The summed E-state index contributed by atoms with van der Waals surface area (Å²) in [6, 6.07) is 2.90. The van der Waals surface area contributed by atoms with E-state index in [1.54, 1.807) is 26.8 Å². The Balaban J connectivity index is 2.99. The predicted molar refractivity (Wildman–Crippen MR) is 52.2 cm³/mol. The second-order valence-electron chi connectivity index (χ2n) is 3.29. The van der Waals surface area contributed by atoms with E-state index in [1.165, 1.54) is 6.07 Å². The molecule has 0 spiro atoms. The normalized spacial score (nSPS) is 12.0. The summed E-state index contributed by atoms with van der Waals surface area (Å²) in [6.07, 6.45) is 0. The minimum atomic E-state index is -3.50. The fraction of sp³-hybridized carbons (Fsp3) is 0.500. The first-order valence-electron chi connectivity index (χ1n) is 4.24. The summed E-state index contributed by atoms with van der Waals surface area (Å²) in [7, 11) is -3.50. The smallest absolute Gasteiger partial charge is 0.207 e. The van der Waals surface area contributed by atoms with Gasteiger partial charge in [0.25, 0.3) is 10.0 Å². The third-order valence-electron chi connectivity index (χ3n) is 1.44. The summed E-state index contributed by atoms with van der Waals surface area (Å²) in [5, 5.41) is 7.24. The van der Waals surface area contributed by atoms with Gasteiger partial charge in [0.1, 0.15) is 0 Å². The Labute approximate surface area is 83.6 Å². The molecule has 6 heteroatoms. The first kappa shape index (κ1) is 11.1. The second kappa shape index (κ2) is 4.02. The first-order chi connectivity index (χ1) is 6.42. The van der Waals surface area contributed by atoms with Crippen molar-refractivity contribution in [2.75, 3.05) is 0 Å². The van der Waals surface area contributed by atoms with Gasteiger partial charge in [-0.15, -0.1) is 5.10 Å². The van der Waals surface area contributed by atoms with Crippen molar-refractivity contribution < 1.29 is 8.42 Å². The molecule has 0 aliphatic heterocycles. The van der Waals surface area contributed by atoms with E-state index in [1.807, 2.05) is 0 Å². The van der Waals surface area contributed by atoms with E-state index in [0.717, 1.165) is 0 Å². The van der Waals surface area contributed by atoms with E-state index in [-0.39, 0.29) is 11.1 Å². The van der Waals surface area contributed by atoms with Crippen LogP contribution in [0.25, 0.3) is 0 Å². The predicted octanol–water partition coefficient (Wildman–Crippen LogP) is 0.472. The lowest BCUT2D eigenvalue weighted by atomic mass is 10.4. The molecule has 1 aromatic rings. The Morgan fingerprint density at radius 2 is 1.93 bits per heavy atom. The quantitative estimate of drug-likeness (QED) is 0.795. The molecule has 78 valence electrons. The number of aryl methyl sites for hydroxylation is 1. The summed E-state index contributed by atoms with van der Waals surface area (Å²) >= 11 is 0. The minimum absolute atomic E-state index is 0.0446. The molecule has 1 heterocycles. The van der Waals surface area contributed by atoms with Gasteiger partial charge >= 0.3 is 0 Å². The summed E-state index contributed by atoms with van der Waals surface area (Å²) in [5.74, 6) is 0. The van der Waals surface area contributed by atoms with Crippen molar-refractivity contribution in [2.45, 2.75) is 31.8 Å². The SMILES string of the molecule is Cc1ccc(S(=O)(=O)NC(C)C)nn1.